The van der Waals surface area contributed by atoms with E-state index >= 15 is 0 Å². The van der Waals surface area contributed by atoms with Gasteiger partial charge in [0.1, 0.15) is 11.6 Å². The van der Waals surface area contributed by atoms with E-state index in [1.165, 1.54) is 12.1 Å². The molecule has 0 spiro atoms. The highest BCUT2D eigenvalue weighted by molar-refractivity contribution is 7.99. The molecule has 0 bridgehead atoms. The molecule has 0 aliphatic carbocycles. The van der Waals surface area contributed by atoms with Crippen LogP contribution in [0.4, 0.5) is 4.39 Å². The lowest BCUT2D eigenvalue weighted by Crippen LogP contribution is -2.23. The fourth-order valence-electron chi connectivity index (χ4n) is 2.04. The number of methoxy groups -OCH3 is 1. The second kappa shape index (κ2) is 6.77. The van der Waals surface area contributed by atoms with Gasteiger partial charge in [0.2, 0.25) is 0 Å². The molecule has 2 N–H and O–H groups in total. The van der Waals surface area contributed by atoms with Crippen LogP contribution in [0.3, 0.4) is 0 Å². The highest BCUT2D eigenvalue weighted by Gasteiger charge is 2.21. The Morgan fingerprint density at radius 1 is 1.15 bits per heavy atom. The number of thioether (sulfide) groups is 1. The Morgan fingerprint density at radius 3 is 2.55 bits per heavy atom. The molecule has 0 aromatic heterocycles. The molecule has 0 aliphatic rings. The summed E-state index contributed by atoms with van der Waals surface area (Å²) in [5.41, 5.74) is 7.14. The third kappa shape index (κ3) is 3.52. The summed E-state index contributed by atoms with van der Waals surface area (Å²) in [6, 6.07) is 14.3. The number of hydrogen-bond acceptors (Lipinski definition) is 3. The smallest absolute Gasteiger partial charge is 0.124 e. The largest absolute Gasteiger partial charge is 0.496 e. The summed E-state index contributed by atoms with van der Waals surface area (Å²) in [6.45, 7) is 1.95. The first-order valence-electron chi connectivity index (χ1n) is 6.42. The Kier molecular flexibility index (Phi) is 5.04. The van der Waals surface area contributed by atoms with Gasteiger partial charge in [0.15, 0.2) is 0 Å². The van der Waals surface area contributed by atoms with E-state index in [1.807, 2.05) is 37.3 Å². The van der Waals surface area contributed by atoms with Gasteiger partial charge >= 0.3 is 0 Å². The predicted molar refractivity (Wildman–Crippen MR) is 81.6 cm³/mol. The molecule has 2 unspecified atom stereocenters. The molecule has 0 saturated heterocycles. The van der Waals surface area contributed by atoms with E-state index in [4.69, 9.17) is 10.5 Å². The van der Waals surface area contributed by atoms with E-state index in [-0.39, 0.29) is 17.1 Å². The SMILES string of the molecule is COc1ccccc1C(Sc1cccc(F)c1)C(C)N. The minimum atomic E-state index is -0.238. The van der Waals surface area contributed by atoms with Gasteiger partial charge in [0.05, 0.1) is 12.4 Å². The van der Waals surface area contributed by atoms with Crippen LogP contribution < -0.4 is 10.5 Å². The standard InChI is InChI=1S/C16H18FNOS/c1-11(18)16(14-8-3-4-9-15(14)19-2)20-13-7-5-6-12(17)10-13/h3-11,16H,18H2,1-2H3. The molecule has 0 fully saturated rings. The van der Waals surface area contributed by atoms with E-state index in [0.29, 0.717) is 0 Å². The van der Waals surface area contributed by atoms with E-state index in [1.54, 1.807) is 24.9 Å². The van der Waals surface area contributed by atoms with Crippen molar-refractivity contribution in [2.45, 2.75) is 23.1 Å². The lowest BCUT2D eigenvalue weighted by atomic mass is 10.1. The molecule has 0 aliphatic heterocycles. The van der Waals surface area contributed by atoms with Crippen molar-refractivity contribution >= 4 is 11.8 Å². The average Bonchev–Trinajstić information content (AvgIpc) is 2.44. The number of hydrogen-bond donors (Lipinski definition) is 1. The Hall–Kier alpha value is -1.52. The van der Waals surface area contributed by atoms with Crippen molar-refractivity contribution in [3.8, 4) is 5.75 Å². The van der Waals surface area contributed by atoms with Crippen LogP contribution in [0.2, 0.25) is 0 Å². The van der Waals surface area contributed by atoms with Crippen LogP contribution in [0.25, 0.3) is 0 Å². The van der Waals surface area contributed by atoms with E-state index in [9.17, 15) is 4.39 Å². The number of rotatable bonds is 5. The maximum Gasteiger partial charge on any atom is 0.124 e. The van der Waals surface area contributed by atoms with Crippen molar-refractivity contribution < 1.29 is 9.13 Å². The van der Waals surface area contributed by atoms with E-state index < -0.39 is 0 Å². The zero-order valence-corrected chi connectivity index (χ0v) is 12.4. The number of ether oxygens (including phenoxy) is 1. The minimum absolute atomic E-state index is 0.00736. The summed E-state index contributed by atoms with van der Waals surface area (Å²) in [7, 11) is 1.64. The summed E-state index contributed by atoms with van der Waals surface area (Å²) in [5, 5.41) is 0.00736. The summed E-state index contributed by atoms with van der Waals surface area (Å²) in [6.07, 6.45) is 0. The fourth-order valence-corrected chi connectivity index (χ4v) is 3.21. The lowest BCUT2D eigenvalue weighted by molar-refractivity contribution is 0.408. The molecule has 4 heteroatoms. The van der Waals surface area contributed by atoms with Gasteiger partial charge in [-0.05, 0) is 31.2 Å². The van der Waals surface area contributed by atoms with Gasteiger partial charge in [-0.1, -0.05) is 24.3 Å². The highest BCUT2D eigenvalue weighted by Crippen LogP contribution is 2.40. The Labute approximate surface area is 123 Å². The third-order valence-corrected chi connectivity index (χ3v) is 4.45. The topological polar surface area (TPSA) is 35.2 Å². The second-order valence-electron chi connectivity index (χ2n) is 4.60. The summed E-state index contributed by atoms with van der Waals surface area (Å²) in [5.74, 6) is 0.567. The maximum absolute atomic E-state index is 13.3. The van der Waals surface area contributed by atoms with Crippen LogP contribution in [0.15, 0.2) is 53.4 Å². The normalized spacial score (nSPS) is 13.8. The highest BCUT2D eigenvalue weighted by atomic mass is 32.2. The molecule has 0 radical (unpaired) electrons. The van der Waals surface area contributed by atoms with Gasteiger partial charge in [0.25, 0.3) is 0 Å². The first-order chi connectivity index (χ1) is 9.61. The Morgan fingerprint density at radius 2 is 1.90 bits per heavy atom. The molecule has 106 valence electrons. The molecule has 2 nitrogen and oxygen atoms in total. The summed E-state index contributed by atoms with van der Waals surface area (Å²) in [4.78, 5) is 0.859. The third-order valence-electron chi connectivity index (χ3n) is 2.98. The maximum atomic E-state index is 13.3. The minimum Gasteiger partial charge on any atom is -0.496 e. The fraction of sp³-hybridized carbons (Fsp3) is 0.250. The number of benzene rings is 2. The summed E-state index contributed by atoms with van der Waals surface area (Å²) < 4.78 is 18.7. The molecule has 2 atom stereocenters. The number of nitrogens with two attached hydrogens (primary N) is 1. The predicted octanol–water partition coefficient (Wildman–Crippen LogP) is 4.01. The molecule has 0 saturated carbocycles. The van der Waals surface area contributed by atoms with Crippen LogP contribution >= 0.6 is 11.8 Å². The number of para-hydroxylation sites is 1. The molecule has 2 aromatic carbocycles. The van der Waals surface area contributed by atoms with Crippen molar-refractivity contribution in [1.82, 2.24) is 0 Å². The first kappa shape index (κ1) is 14.9. The second-order valence-corrected chi connectivity index (χ2v) is 5.81. The molecular formula is C16H18FNOS. The monoisotopic (exact) mass is 291 g/mol. The molecule has 2 rings (SSSR count). The lowest BCUT2D eigenvalue weighted by Gasteiger charge is -2.22. The van der Waals surface area contributed by atoms with Crippen LogP contribution in [0.5, 0.6) is 5.75 Å². The Balaban J connectivity index is 2.32. The van der Waals surface area contributed by atoms with Gasteiger partial charge in [-0.15, -0.1) is 11.8 Å². The Bertz CT molecular complexity index is 574. The molecule has 2 aromatic rings. The zero-order chi connectivity index (χ0) is 14.5. The van der Waals surface area contributed by atoms with Gasteiger partial charge in [-0.25, -0.2) is 4.39 Å². The molecule has 0 heterocycles. The van der Waals surface area contributed by atoms with Gasteiger partial charge in [-0.3, -0.25) is 0 Å². The summed E-state index contributed by atoms with van der Waals surface area (Å²) >= 11 is 1.55. The molecule has 20 heavy (non-hydrogen) atoms. The average molecular weight is 291 g/mol. The van der Waals surface area contributed by atoms with Gasteiger partial charge in [-0.2, -0.15) is 0 Å². The molecular weight excluding hydrogens is 273 g/mol. The molecule has 0 amide bonds. The quantitative estimate of drug-likeness (QED) is 0.845. The van der Waals surface area contributed by atoms with Crippen LogP contribution in [0.1, 0.15) is 17.7 Å². The van der Waals surface area contributed by atoms with Crippen molar-refractivity contribution in [2.75, 3.05) is 7.11 Å². The van der Waals surface area contributed by atoms with Crippen molar-refractivity contribution in [3.05, 3.63) is 59.9 Å². The number of halogens is 1. The van der Waals surface area contributed by atoms with Crippen molar-refractivity contribution in [1.29, 1.82) is 0 Å². The zero-order valence-electron chi connectivity index (χ0n) is 11.5. The van der Waals surface area contributed by atoms with Crippen LogP contribution in [-0.2, 0) is 0 Å². The van der Waals surface area contributed by atoms with E-state index in [2.05, 4.69) is 0 Å². The van der Waals surface area contributed by atoms with Crippen LogP contribution in [0, 0.1) is 5.82 Å². The first-order valence-corrected chi connectivity index (χ1v) is 7.30. The van der Waals surface area contributed by atoms with Crippen LogP contribution in [-0.4, -0.2) is 13.2 Å². The van der Waals surface area contributed by atoms with Gasteiger partial charge < -0.3 is 10.5 Å². The van der Waals surface area contributed by atoms with Crippen molar-refractivity contribution in [3.63, 3.8) is 0 Å². The van der Waals surface area contributed by atoms with E-state index in [0.717, 1.165) is 16.2 Å². The van der Waals surface area contributed by atoms with Gasteiger partial charge in [0, 0.05) is 16.5 Å². The van der Waals surface area contributed by atoms with Crippen molar-refractivity contribution in [2.24, 2.45) is 5.73 Å².